The predicted molar refractivity (Wildman–Crippen MR) is 139 cm³/mol. The van der Waals surface area contributed by atoms with Gasteiger partial charge in [0.2, 0.25) is 5.60 Å². The average Bonchev–Trinajstić information content (AvgIpc) is 3.42. The Kier molecular flexibility index (Phi) is 8.40. The van der Waals surface area contributed by atoms with Crippen molar-refractivity contribution in [2.24, 2.45) is 0 Å². The van der Waals surface area contributed by atoms with Crippen LogP contribution in [0.4, 0.5) is 0 Å². The summed E-state index contributed by atoms with van der Waals surface area (Å²) in [4.78, 5) is 27.2. The highest BCUT2D eigenvalue weighted by molar-refractivity contribution is 5.68. The topological polar surface area (TPSA) is 91.1 Å². The smallest absolute Gasteiger partial charge is 0.304 e. The van der Waals surface area contributed by atoms with Crippen LogP contribution in [0.15, 0.2) is 78.9 Å². The van der Waals surface area contributed by atoms with Crippen LogP contribution >= 0.6 is 0 Å². The van der Waals surface area contributed by atoms with E-state index in [-0.39, 0.29) is 0 Å². The van der Waals surface area contributed by atoms with Gasteiger partial charge in [-0.2, -0.15) is 0 Å². The first kappa shape index (κ1) is 26.2. The van der Waals surface area contributed by atoms with Gasteiger partial charge in [-0.05, 0) is 50.2 Å². The molecule has 194 valence electrons. The summed E-state index contributed by atoms with van der Waals surface area (Å²) in [6.07, 6.45) is 2.44. The van der Waals surface area contributed by atoms with Crippen LogP contribution in [0.1, 0.15) is 42.5 Å². The van der Waals surface area contributed by atoms with Crippen LogP contribution in [0.5, 0.6) is 11.5 Å². The van der Waals surface area contributed by atoms with E-state index in [2.05, 4.69) is 4.90 Å². The number of nitrogens with zero attached hydrogens (tertiary/aromatic N) is 2. The molecule has 3 aromatic rings. The lowest BCUT2D eigenvalue weighted by molar-refractivity contribution is -0.551. The first-order valence-electron chi connectivity index (χ1n) is 12.4. The first-order valence-corrected chi connectivity index (χ1v) is 12.4. The molecule has 1 aliphatic rings. The largest absolute Gasteiger partial charge is 0.497 e. The van der Waals surface area contributed by atoms with Crippen LogP contribution in [0.3, 0.4) is 0 Å². The monoisotopic (exact) mass is 504 g/mol. The maximum absolute atomic E-state index is 12.7. The number of carbonyl (C=O) groups excluding carboxylic acids is 1. The third kappa shape index (κ3) is 5.91. The van der Waals surface area contributed by atoms with E-state index in [0.717, 1.165) is 19.6 Å². The summed E-state index contributed by atoms with van der Waals surface area (Å²) >= 11 is 0. The zero-order chi connectivity index (χ0) is 26.3. The lowest BCUT2D eigenvalue weighted by Gasteiger charge is -2.36. The molecule has 3 aromatic carbocycles. The number of esters is 1. The van der Waals surface area contributed by atoms with Gasteiger partial charge in [0, 0.05) is 35.1 Å². The number of carbonyl (C=O) groups is 1. The summed E-state index contributed by atoms with van der Waals surface area (Å²) in [5.41, 5.74) is -0.408. The van der Waals surface area contributed by atoms with Gasteiger partial charge in [0.05, 0.1) is 7.11 Å². The van der Waals surface area contributed by atoms with Crippen molar-refractivity contribution in [2.45, 2.75) is 31.4 Å². The van der Waals surface area contributed by atoms with Gasteiger partial charge >= 0.3 is 5.97 Å². The van der Waals surface area contributed by atoms with Crippen LogP contribution in [0, 0.1) is 10.1 Å². The van der Waals surface area contributed by atoms with Gasteiger partial charge in [-0.15, -0.1) is 0 Å². The molecule has 0 amide bonds. The first-order chi connectivity index (χ1) is 17.9. The normalized spacial score (nSPS) is 15.9. The zero-order valence-corrected chi connectivity index (χ0v) is 21.2. The zero-order valence-electron chi connectivity index (χ0n) is 21.2. The standard InChI is InChI=1S/C29H32N2O6/c1-22(32)37-29(24-10-14-26(35-2)15-11-24,28(31(33)34)23-8-4-3-5-9-23)25-12-16-27(17-13-25)36-21-20-30-18-6-7-19-30/h3-5,8-17,28H,6-7,18-21H2,1-2H3. The molecule has 2 atom stereocenters. The fourth-order valence-electron chi connectivity index (χ4n) is 4.96. The fourth-order valence-corrected chi connectivity index (χ4v) is 4.96. The van der Waals surface area contributed by atoms with E-state index in [1.54, 1.807) is 86.0 Å². The summed E-state index contributed by atoms with van der Waals surface area (Å²) in [7, 11) is 1.54. The molecule has 8 nitrogen and oxygen atoms in total. The van der Waals surface area contributed by atoms with Gasteiger partial charge in [0.15, 0.2) is 0 Å². The molecule has 4 rings (SSSR count). The molecule has 0 aliphatic carbocycles. The van der Waals surface area contributed by atoms with Crippen LogP contribution in [0.25, 0.3) is 0 Å². The van der Waals surface area contributed by atoms with E-state index in [9.17, 15) is 14.9 Å². The predicted octanol–water partition coefficient (Wildman–Crippen LogP) is 4.99. The Balaban J connectivity index is 1.77. The van der Waals surface area contributed by atoms with E-state index in [4.69, 9.17) is 14.2 Å². The minimum atomic E-state index is -1.74. The third-order valence-electron chi connectivity index (χ3n) is 6.69. The lowest BCUT2D eigenvalue weighted by Crippen LogP contribution is -2.43. The van der Waals surface area contributed by atoms with Crippen LogP contribution in [-0.2, 0) is 15.1 Å². The van der Waals surface area contributed by atoms with E-state index in [0.29, 0.717) is 34.8 Å². The Bertz CT molecular complexity index is 1180. The molecule has 1 saturated heterocycles. The third-order valence-corrected chi connectivity index (χ3v) is 6.69. The van der Waals surface area contributed by atoms with Crippen molar-refractivity contribution >= 4 is 5.97 Å². The van der Waals surface area contributed by atoms with E-state index >= 15 is 0 Å². The number of nitro groups is 1. The number of hydrogen-bond acceptors (Lipinski definition) is 7. The van der Waals surface area contributed by atoms with Gasteiger partial charge in [-0.3, -0.25) is 19.8 Å². The highest BCUT2D eigenvalue weighted by Gasteiger charge is 2.54. The summed E-state index contributed by atoms with van der Waals surface area (Å²) in [5.74, 6) is 0.593. The van der Waals surface area contributed by atoms with Gasteiger partial charge in [0.25, 0.3) is 6.04 Å². The van der Waals surface area contributed by atoms with Crippen molar-refractivity contribution in [1.82, 2.24) is 4.90 Å². The molecule has 1 heterocycles. The van der Waals surface area contributed by atoms with E-state index in [1.807, 2.05) is 0 Å². The SMILES string of the molecule is COc1ccc(C(OC(C)=O)(c2ccc(OCCN3CCCC3)cc2)C(c2ccccc2)[N+](=O)[O-])cc1. The van der Waals surface area contributed by atoms with Crippen molar-refractivity contribution in [3.05, 3.63) is 106 Å². The Hall–Kier alpha value is -3.91. The Morgan fingerprint density at radius 2 is 1.51 bits per heavy atom. The maximum Gasteiger partial charge on any atom is 0.304 e. The van der Waals surface area contributed by atoms with Crippen molar-refractivity contribution in [2.75, 3.05) is 33.4 Å². The highest BCUT2D eigenvalue weighted by Crippen LogP contribution is 2.47. The molecule has 37 heavy (non-hydrogen) atoms. The van der Waals surface area contributed by atoms with Gasteiger partial charge in [-0.25, -0.2) is 0 Å². The molecule has 0 bridgehead atoms. The van der Waals surface area contributed by atoms with Crippen LogP contribution in [-0.4, -0.2) is 49.1 Å². The maximum atomic E-state index is 12.7. The second-order valence-electron chi connectivity index (χ2n) is 9.08. The second kappa shape index (κ2) is 11.9. The number of benzene rings is 3. The molecule has 0 saturated carbocycles. The van der Waals surface area contributed by atoms with Crippen molar-refractivity contribution in [3.8, 4) is 11.5 Å². The molecular formula is C29H32N2O6. The molecule has 0 spiro atoms. The van der Waals surface area contributed by atoms with Gasteiger partial charge in [-0.1, -0.05) is 54.6 Å². The Morgan fingerprint density at radius 3 is 2.03 bits per heavy atom. The number of likely N-dealkylation sites (tertiary alicyclic amines) is 1. The van der Waals surface area contributed by atoms with Crippen molar-refractivity contribution in [1.29, 1.82) is 0 Å². The molecule has 0 radical (unpaired) electrons. The Labute approximate surface area is 216 Å². The van der Waals surface area contributed by atoms with Crippen LogP contribution in [0.2, 0.25) is 0 Å². The summed E-state index contributed by atoms with van der Waals surface area (Å²) < 4.78 is 17.2. The lowest BCUT2D eigenvalue weighted by atomic mass is 9.77. The average molecular weight is 505 g/mol. The minimum Gasteiger partial charge on any atom is -0.497 e. The molecular weight excluding hydrogens is 472 g/mol. The van der Waals surface area contributed by atoms with Gasteiger partial charge < -0.3 is 14.2 Å². The fraction of sp³-hybridized carbons (Fsp3) is 0.345. The minimum absolute atomic E-state index is 0.400. The number of ether oxygens (including phenoxy) is 3. The molecule has 1 fully saturated rings. The van der Waals surface area contributed by atoms with E-state index in [1.165, 1.54) is 19.8 Å². The summed E-state index contributed by atoms with van der Waals surface area (Å²) in [6, 6.07) is 21.0. The van der Waals surface area contributed by atoms with Crippen LogP contribution < -0.4 is 9.47 Å². The van der Waals surface area contributed by atoms with Gasteiger partial charge in [0.1, 0.15) is 18.1 Å². The molecule has 1 aliphatic heterocycles. The molecule has 8 heteroatoms. The Morgan fingerprint density at radius 1 is 0.946 bits per heavy atom. The quantitative estimate of drug-likeness (QED) is 0.206. The molecule has 0 aromatic heterocycles. The number of rotatable bonds is 11. The molecule has 2 unspecified atom stereocenters. The summed E-state index contributed by atoms with van der Waals surface area (Å²) in [6.45, 7) is 4.85. The highest BCUT2D eigenvalue weighted by atomic mass is 16.6. The number of methoxy groups -OCH3 is 1. The van der Waals surface area contributed by atoms with Crippen molar-refractivity contribution in [3.63, 3.8) is 0 Å². The van der Waals surface area contributed by atoms with Crippen molar-refractivity contribution < 1.29 is 23.9 Å². The molecule has 0 N–H and O–H groups in total. The van der Waals surface area contributed by atoms with E-state index < -0.39 is 22.5 Å². The second-order valence-corrected chi connectivity index (χ2v) is 9.08. The number of hydrogen-bond donors (Lipinski definition) is 0. The summed E-state index contributed by atoms with van der Waals surface area (Å²) in [5, 5.41) is 12.7.